The highest BCUT2D eigenvalue weighted by molar-refractivity contribution is 9.10. The molecule has 114 valence electrons. The van der Waals surface area contributed by atoms with Gasteiger partial charge in [0.2, 0.25) is 0 Å². The summed E-state index contributed by atoms with van der Waals surface area (Å²) < 4.78 is 7.87. The Morgan fingerprint density at radius 1 is 1.55 bits per heavy atom. The van der Waals surface area contributed by atoms with Gasteiger partial charge in [0.05, 0.1) is 17.3 Å². The maximum absolute atomic E-state index is 12.5. The predicted octanol–water partition coefficient (Wildman–Crippen LogP) is 2.52. The summed E-state index contributed by atoms with van der Waals surface area (Å²) in [6, 6.07) is 3.58. The van der Waals surface area contributed by atoms with Crippen LogP contribution in [-0.2, 0) is 17.9 Å². The molecule has 6 nitrogen and oxygen atoms in total. The number of hydrogen-bond acceptors (Lipinski definition) is 4. The number of carbonyl (C=O) groups is 1. The minimum absolute atomic E-state index is 0.195. The molecule has 3 heterocycles. The summed E-state index contributed by atoms with van der Waals surface area (Å²) in [6.07, 6.45) is 5.12. The molecule has 2 aromatic heterocycles. The van der Waals surface area contributed by atoms with Crippen LogP contribution in [0.2, 0.25) is 0 Å². The van der Waals surface area contributed by atoms with Gasteiger partial charge in [0.1, 0.15) is 17.2 Å². The van der Waals surface area contributed by atoms with Crippen LogP contribution in [0.5, 0.6) is 0 Å². The number of amides is 1. The fourth-order valence-corrected chi connectivity index (χ4v) is 2.77. The van der Waals surface area contributed by atoms with Gasteiger partial charge < -0.3 is 9.73 Å². The number of rotatable bonds is 4. The molecule has 1 N–H and O–H groups in total. The van der Waals surface area contributed by atoms with E-state index in [9.17, 15) is 4.79 Å². The summed E-state index contributed by atoms with van der Waals surface area (Å²) in [4.78, 5) is 13.9. The Hall–Kier alpha value is -1.93. The van der Waals surface area contributed by atoms with Gasteiger partial charge in [0.15, 0.2) is 5.11 Å². The Balaban J connectivity index is 1.83. The van der Waals surface area contributed by atoms with E-state index >= 15 is 0 Å². The fourth-order valence-electron chi connectivity index (χ4n) is 2.08. The quantitative estimate of drug-likeness (QED) is 0.652. The maximum Gasteiger partial charge on any atom is 0.277 e. The molecule has 0 spiro atoms. The number of aromatic nitrogens is 2. The molecular formula is C14H13BrN4O2S. The Kier molecular flexibility index (Phi) is 4.12. The Morgan fingerprint density at radius 3 is 3.00 bits per heavy atom. The smallest absolute Gasteiger partial charge is 0.277 e. The molecule has 0 aliphatic carbocycles. The topological polar surface area (TPSA) is 63.3 Å². The normalized spacial score (nSPS) is 16.6. The molecule has 1 aliphatic heterocycles. The van der Waals surface area contributed by atoms with E-state index in [4.69, 9.17) is 16.6 Å². The van der Waals surface area contributed by atoms with E-state index in [2.05, 4.69) is 26.3 Å². The molecule has 0 radical (unpaired) electrons. The first-order chi connectivity index (χ1) is 10.6. The van der Waals surface area contributed by atoms with Crippen LogP contribution in [-0.4, -0.2) is 25.7 Å². The molecule has 1 saturated heterocycles. The van der Waals surface area contributed by atoms with Crippen LogP contribution in [0.3, 0.4) is 0 Å². The van der Waals surface area contributed by atoms with E-state index in [0.29, 0.717) is 28.8 Å². The summed E-state index contributed by atoms with van der Waals surface area (Å²) in [6.45, 7) is 3.06. The van der Waals surface area contributed by atoms with Gasteiger partial charge in [-0.05, 0) is 53.3 Å². The second kappa shape index (κ2) is 6.05. The first kappa shape index (κ1) is 15.0. The van der Waals surface area contributed by atoms with E-state index < -0.39 is 0 Å². The lowest BCUT2D eigenvalue weighted by Gasteiger charge is -2.11. The van der Waals surface area contributed by atoms with Crippen molar-refractivity contribution in [2.24, 2.45) is 0 Å². The molecule has 0 unspecified atom stereocenters. The van der Waals surface area contributed by atoms with Crippen LogP contribution in [0.1, 0.15) is 18.4 Å². The van der Waals surface area contributed by atoms with Crippen LogP contribution in [0.15, 0.2) is 39.2 Å². The number of nitrogens with zero attached hydrogens (tertiary/aromatic N) is 3. The number of aryl methyl sites for hydroxylation is 1. The molecule has 1 aliphatic rings. The van der Waals surface area contributed by atoms with Crippen molar-refractivity contribution in [1.82, 2.24) is 20.0 Å². The highest BCUT2D eigenvalue weighted by Gasteiger charge is 2.31. The number of hydrogen-bond donors (Lipinski definition) is 1. The van der Waals surface area contributed by atoms with Crippen molar-refractivity contribution in [3.63, 3.8) is 0 Å². The molecular weight excluding hydrogens is 368 g/mol. The molecule has 0 saturated carbocycles. The molecule has 22 heavy (non-hydrogen) atoms. The van der Waals surface area contributed by atoms with E-state index in [1.807, 2.05) is 13.1 Å². The third-order valence-corrected chi connectivity index (χ3v) is 4.14. The molecule has 3 rings (SSSR count). The molecule has 8 heteroatoms. The summed E-state index contributed by atoms with van der Waals surface area (Å²) in [5.41, 5.74) is 1.08. The summed E-state index contributed by atoms with van der Waals surface area (Å²) >= 11 is 8.65. The number of thiocarbonyl (C=S) groups is 1. The number of furan rings is 1. The number of halogens is 1. The van der Waals surface area contributed by atoms with Crippen molar-refractivity contribution < 1.29 is 9.21 Å². The molecule has 2 aromatic rings. The van der Waals surface area contributed by atoms with Crippen molar-refractivity contribution in [2.45, 2.75) is 20.0 Å². The van der Waals surface area contributed by atoms with Gasteiger partial charge in [0, 0.05) is 12.7 Å². The van der Waals surface area contributed by atoms with Crippen molar-refractivity contribution >= 4 is 45.2 Å². The summed E-state index contributed by atoms with van der Waals surface area (Å²) in [5, 5.41) is 7.66. The van der Waals surface area contributed by atoms with Crippen molar-refractivity contribution in [2.75, 3.05) is 0 Å². The molecule has 0 bridgehead atoms. The Morgan fingerprint density at radius 2 is 2.36 bits per heavy atom. The Labute approximate surface area is 140 Å². The average Bonchev–Trinajstić information content (AvgIpc) is 3.18. The first-order valence-electron chi connectivity index (χ1n) is 6.68. The lowest BCUT2D eigenvalue weighted by atomic mass is 10.3. The zero-order valence-corrected chi connectivity index (χ0v) is 14.1. The SMILES string of the molecule is CCn1cc(Br)c(/C=C2/NC(=S)N(Cc3ccco3)C2=O)n1. The van der Waals surface area contributed by atoms with Crippen LogP contribution in [0.25, 0.3) is 6.08 Å². The third kappa shape index (κ3) is 2.84. The van der Waals surface area contributed by atoms with Crippen LogP contribution in [0, 0.1) is 0 Å². The van der Waals surface area contributed by atoms with Gasteiger partial charge in [-0.25, -0.2) is 0 Å². The molecule has 1 amide bonds. The van der Waals surface area contributed by atoms with Crippen LogP contribution < -0.4 is 5.32 Å². The minimum atomic E-state index is -0.195. The van der Waals surface area contributed by atoms with Crippen molar-refractivity contribution in [3.05, 3.63) is 46.2 Å². The van der Waals surface area contributed by atoms with E-state index in [0.717, 1.165) is 11.0 Å². The van der Waals surface area contributed by atoms with Gasteiger partial charge in [-0.1, -0.05) is 0 Å². The lowest BCUT2D eigenvalue weighted by Crippen LogP contribution is -2.29. The summed E-state index contributed by atoms with van der Waals surface area (Å²) in [7, 11) is 0. The standard InChI is InChI=1S/C14H13BrN4O2S/c1-2-18-8-10(15)11(17-18)6-12-13(20)19(14(22)16-12)7-9-4-3-5-21-9/h3-6,8H,2,7H2,1H3,(H,16,22)/b12-6+. The van der Waals surface area contributed by atoms with Crippen molar-refractivity contribution in [3.8, 4) is 0 Å². The number of nitrogens with one attached hydrogen (secondary N) is 1. The van der Waals surface area contributed by atoms with Gasteiger partial charge >= 0.3 is 0 Å². The third-order valence-electron chi connectivity index (χ3n) is 3.20. The van der Waals surface area contributed by atoms with Gasteiger partial charge in [0.25, 0.3) is 5.91 Å². The minimum Gasteiger partial charge on any atom is -0.467 e. The summed E-state index contributed by atoms with van der Waals surface area (Å²) in [5.74, 6) is 0.481. The largest absolute Gasteiger partial charge is 0.467 e. The fraction of sp³-hybridized carbons (Fsp3) is 0.214. The monoisotopic (exact) mass is 380 g/mol. The molecule has 0 aromatic carbocycles. The van der Waals surface area contributed by atoms with E-state index in [1.54, 1.807) is 29.2 Å². The van der Waals surface area contributed by atoms with E-state index in [1.165, 1.54) is 4.90 Å². The predicted molar refractivity (Wildman–Crippen MR) is 88.6 cm³/mol. The van der Waals surface area contributed by atoms with Gasteiger partial charge in [-0.2, -0.15) is 5.10 Å². The Bertz CT molecular complexity index is 751. The second-order valence-electron chi connectivity index (χ2n) is 4.68. The van der Waals surface area contributed by atoms with Crippen LogP contribution in [0.4, 0.5) is 0 Å². The van der Waals surface area contributed by atoms with Crippen molar-refractivity contribution in [1.29, 1.82) is 0 Å². The first-order valence-corrected chi connectivity index (χ1v) is 7.88. The lowest BCUT2D eigenvalue weighted by molar-refractivity contribution is -0.122. The molecule has 0 atom stereocenters. The number of carbonyl (C=O) groups excluding carboxylic acids is 1. The zero-order valence-electron chi connectivity index (χ0n) is 11.7. The second-order valence-corrected chi connectivity index (χ2v) is 5.92. The van der Waals surface area contributed by atoms with Gasteiger partial charge in [-0.15, -0.1) is 0 Å². The van der Waals surface area contributed by atoms with Gasteiger partial charge in [-0.3, -0.25) is 14.4 Å². The maximum atomic E-state index is 12.5. The average molecular weight is 381 g/mol. The highest BCUT2D eigenvalue weighted by Crippen LogP contribution is 2.21. The highest BCUT2D eigenvalue weighted by atomic mass is 79.9. The van der Waals surface area contributed by atoms with E-state index in [-0.39, 0.29) is 5.91 Å². The zero-order chi connectivity index (χ0) is 15.7. The van der Waals surface area contributed by atoms with Crippen LogP contribution >= 0.6 is 28.1 Å². The molecule has 1 fully saturated rings.